The Kier molecular flexibility index (Phi) is 4.80. The van der Waals surface area contributed by atoms with Crippen LogP contribution in [0.1, 0.15) is 18.9 Å². The molecule has 1 N–H and O–H groups in total. The van der Waals surface area contributed by atoms with Gasteiger partial charge in [-0.05, 0) is 31.5 Å². The van der Waals surface area contributed by atoms with Crippen LogP contribution in [0.5, 0.6) is 0 Å². The van der Waals surface area contributed by atoms with Crippen molar-refractivity contribution >= 4 is 27.6 Å². The van der Waals surface area contributed by atoms with Gasteiger partial charge in [0.1, 0.15) is 0 Å². The number of methoxy groups -OCH3 is 1. The van der Waals surface area contributed by atoms with Crippen molar-refractivity contribution in [2.24, 2.45) is 0 Å². The zero-order valence-corrected chi connectivity index (χ0v) is 11.3. The van der Waals surface area contributed by atoms with E-state index in [1.165, 1.54) is 12.7 Å². The molecule has 3 nitrogen and oxygen atoms in total. The summed E-state index contributed by atoms with van der Waals surface area (Å²) >= 11 is 3.47. The number of hydrogen-bond acceptors (Lipinski definition) is 3. The molecule has 0 aliphatic heterocycles. The minimum atomic E-state index is -0.203. The summed E-state index contributed by atoms with van der Waals surface area (Å²) in [5, 5.41) is 3.24. The van der Waals surface area contributed by atoms with E-state index in [0.717, 1.165) is 10.2 Å². The second-order valence-electron chi connectivity index (χ2n) is 3.79. The molecule has 0 heterocycles. The molecule has 0 aliphatic rings. The van der Waals surface area contributed by atoms with Crippen molar-refractivity contribution in [1.82, 2.24) is 0 Å². The van der Waals surface area contributed by atoms with Crippen molar-refractivity contribution in [1.29, 1.82) is 0 Å². The topological polar surface area (TPSA) is 38.3 Å². The van der Waals surface area contributed by atoms with Gasteiger partial charge in [0.05, 0.1) is 13.5 Å². The van der Waals surface area contributed by atoms with E-state index in [4.69, 9.17) is 0 Å². The largest absolute Gasteiger partial charge is 0.469 e. The molecule has 0 aliphatic carbocycles. The lowest BCUT2D eigenvalue weighted by atomic mass is 10.2. The Hall–Kier alpha value is -1.03. The molecule has 1 aromatic rings. The highest BCUT2D eigenvalue weighted by Gasteiger charge is 2.09. The average Bonchev–Trinajstić information content (AvgIpc) is 2.23. The molecule has 1 atom stereocenters. The molecule has 1 aromatic carbocycles. The van der Waals surface area contributed by atoms with E-state index in [-0.39, 0.29) is 12.0 Å². The fourth-order valence-electron chi connectivity index (χ4n) is 1.35. The lowest BCUT2D eigenvalue weighted by Gasteiger charge is -2.14. The summed E-state index contributed by atoms with van der Waals surface area (Å²) in [6.45, 7) is 3.98. The van der Waals surface area contributed by atoms with Crippen LogP contribution in [0.2, 0.25) is 0 Å². The summed E-state index contributed by atoms with van der Waals surface area (Å²) in [5.41, 5.74) is 2.18. The van der Waals surface area contributed by atoms with Crippen molar-refractivity contribution < 1.29 is 9.53 Å². The number of carbonyl (C=O) groups excluding carboxylic acids is 1. The molecule has 88 valence electrons. The van der Waals surface area contributed by atoms with Gasteiger partial charge >= 0.3 is 5.97 Å². The molecule has 0 saturated carbocycles. The zero-order chi connectivity index (χ0) is 12.1. The number of nitrogens with one attached hydrogen (secondary N) is 1. The van der Waals surface area contributed by atoms with Crippen LogP contribution in [0, 0.1) is 6.92 Å². The number of hydrogen-bond donors (Lipinski definition) is 1. The SMILES string of the molecule is COC(=O)CC(C)Nc1ccc(C)c(Br)c1. The molecule has 0 spiro atoms. The van der Waals surface area contributed by atoms with E-state index < -0.39 is 0 Å². The number of anilines is 1. The Labute approximate surface area is 104 Å². The summed E-state index contributed by atoms with van der Waals surface area (Å²) in [6.07, 6.45) is 0.363. The third-order valence-electron chi connectivity index (χ3n) is 2.29. The second-order valence-corrected chi connectivity index (χ2v) is 4.64. The van der Waals surface area contributed by atoms with Crippen LogP contribution in [0.15, 0.2) is 22.7 Å². The molecule has 0 saturated heterocycles. The summed E-state index contributed by atoms with van der Waals surface area (Å²) in [6, 6.07) is 6.08. The number of halogens is 1. The van der Waals surface area contributed by atoms with Gasteiger partial charge in [-0.2, -0.15) is 0 Å². The van der Waals surface area contributed by atoms with Gasteiger partial charge < -0.3 is 10.1 Å². The fraction of sp³-hybridized carbons (Fsp3) is 0.417. The van der Waals surface area contributed by atoms with Crippen LogP contribution in [0.3, 0.4) is 0 Å². The third-order valence-corrected chi connectivity index (χ3v) is 3.14. The molecular weight excluding hydrogens is 270 g/mol. The van der Waals surface area contributed by atoms with E-state index in [9.17, 15) is 4.79 Å². The Balaban J connectivity index is 2.59. The standard InChI is InChI=1S/C12H16BrNO2/c1-8-4-5-10(7-11(8)13)14-9(2)6-12(15)16-3/h4-5,7,9,14H,6H2,1-3H3. The number of aryl methyl sites for hydroxylation is 1. The Bertz CT molecular complexity index is 379. The molecule has 0 bridgehead atoms. The monoisotopic (exact) mass is 285 g/mol. The maximum absolute atomic E-state index is 11.1. The zero-order valence-electron chi connectivity index (χ0n) is 9.71. The van der Waals surface area contributed by atoms with E-state index >= 15 is 0 Å². The van der Waals surface area contributed by atoms with Crippen LogP contribution in [-0.2, 0) is 9.53 Å². The molecule has 16 heavy (non-hydrogen) atoms. The van der Waals surface area contributed by atoms with E-state index in [1.807, 2.05) is 32.0 Å². The maximum atomic E-state index is 11.1. The highest BCUT2D eigenvalue weighted by molar-refractivity contribution is 9.10. The molecule has 0 fully saturated rings. The van der Waals surface area contributed by atoms with Gasteiger partial charge in [0, 0.05) is 16.2 Å². The molecule has 0 aromatic heterocycles. The second kappa shape index (κ2) is 5.89. The minimum Gasteiger partial charge on any atom is -0.469 e. The first-order chi connectivity index (χ1) is 7.52. The van der Waals surface area contributed by atoms with Gasteiger partial charge in [-0.25, -0.2) is 0 Å². The van der Waals surface area contributed by atoms with E-state index in [2.05, 4.69) is 26.0 Å². The van der Waals surface area contributed by atoms with Crippen LogP contribution >= 0.6 is 15.9 Å². The first-order valence-electron chi connectivity index (χ1n) is 5.12. The van der Waals surface area contributed by atoms with Crippen molar-refractivity contribution in [2.45, 2.75) is 26.3 Å². The van der Waals surface area contributed by atoms with Gasteiger partial charge in [-0.3, -0.25) is 4.79 Å². The van der Waals surface area contributed by atoms with Gasteiger partial charge in [-0.15, -0.1) is 0 Å². The number of esters is 1. The van der Waals surface area contributed by atoms with Crippen LogP contribution in [0.4, 0.5) is 5.69 Å². The molecule has 1 unspecified atom stereocenters. The molecular formula is C12H16BrNO2. The number of rotatable bonds is 4. The average molecular weight is 286 g/mol. The summed E-state index contributed by atoms with van der Waals surface area (Å²) < 4.78 is 5.67. The summed E-state index contributed by atoms with van der Waals surface area (Å²) in [5.74, 6) is -0.203. The minimum absolute atomic E-state index is 0.0575. The van der Waals surface area contributed by atoms with Crippen molar-refractivity contribution in [3.63, 3.8) is 0 Å². The van der Waals surface area contributed by atoms with Crippen molar-refractivity contribution in [3.05, 3.63) is 28.2 Å². The lowest BCUT2D eigenvalue weighted by Crippen LogP contribution is -2.20. The molecule has 0 radical (unpaired) electrons. The number of ether oxygens (including phenoxy) is 1. The quantitative estimate of drug-likeness (QED) is 0.864. The highest BCUT2D eigenvalue weighted by atomic mass is 79.9. The normalized spacial score (nSPS) is 12.0. The van der Waals surface area contributed by atoms with Crippen molar-refractivity contribution in [3.8, 4) is 0 Å². The van der Waals surface area contributed by atoms with Crippen LogP contribution in [-0.4, -0.2) is 19.1 Å². The third kappa shape index (κ3) is 3.85. The Morgan fingerprint density at radius 2 is 2.25 bits per heavy atom. The van der Waals surface area contributed by atoms with Crippen molar-refractivity contribution in [2.75, 3.05) is 12.4 Å². The van der Waals surface area contributed by atoms with Gasteiger partial charge in [0.2, 0.25) is 0 Å². The smallest absolute Gasteiger partial charge is 0.307 e. The molecule has 0 amide bonds. The number of carbonyl (C=O) groups is 1. The first kappa shape index (κ1) is 13.0. The Morgan fingerprint density at radius 1 is 1.56 bits per heavy atom. The van der Waals surface area contributed by atoms with Gasteiger partial charge in [0.25, 0.3) is 0 Å². The summed E-state index contributed by atoms with van der Waals surface area (Å²) in [7, 11) is 1.40. The van der Waals surface area contributed by atoms with E-state index in [0.29, 0.717) is 6.42 Å². The van der Waals surface area contributed by atoms with Crippen LogP contribution < -0.4 is 5.32 Å². The van der Waals surface area contributed by atoms with E-state index in [1.54, 1.807) is 0 Å². The highest BCUT2D eigenvalue weighted by Crippen LogP contribution is 2.21. The molecule has 1 rings (SSSR count). The fourth-order valence-corrected chi connectivity index (χ4v) is 1.73. The lowest BCUT2D eigenvalue weighted by molar-refractivity contribution is -0.140. The first-order valence-corrected chi connectivity index (χ1v) is 5.91. The molecule has 4 heteroatoms. The Morgan fingerprint density at radius 3 is 2.81 bits per heavy atom. The van der Waals surface area contributed by atoms with Gasteiger partial charge in [-0.1, -0.05) is 22.0 Å². The predicted octanol–water partition coefficient (Wildman–Crippen LogP) is 3.12. The maximum Gasteiger partial charge on any atom is 0.307 e. The summed E-state index contributed by atoms with van der Waals surface area (Å²) in [4.78, 5) is 11.1. The van der Waals surface area contributed by atoms with Crippen LogP contribution in [0.25, 0.3) is 0 Å². The predicted molar refractivity (Wildman–Crippen MR) is 68.6 cm³/mol. The van der Waals surface area contributed by atoms with Gasteiger partial charge in [0.15, 0.2) is 0 Å². The number of benzene rings is 1.